The van der Waals surface area contributed by atoms with Crippen molar-refractivity contribution in [3.05, 3.63) is 15.4 Å². The summed E-state index contributed by atoms with van der Waals surface area (Å²) in [6, 6.07) is 1.59. The quantitative estimate of drug-likeness (QED) is 0.608. The number of hydrogen-bond acceptors (Lipinski definition) is 6. The Morgan fingerprint density at radius 3 is 2.48 bits per heavy atom. The zero-order chi connectivity index (χ0) is 15.8. The first-order chi connectivity index (χ1) is 10.0. The Morgan fingerprint density at radius 2 is 2.00 bits per heavy atom. The number of hydrogen-bond donors (Lipinski definition) is 2. The van der Waals surface area contributed by atoms with E-state index < -0.39 is 11.0 Å². The van der Waals surface area contributed by atoms with Gasteiger partial charge in [-0.2, -0.15) is 0 Å². The van der Waals surface area contributed by atoms with Crippen LogP contribution in [0.1, 0.15) is 9.67 Å². The van der Waals surface area contributed by atoms with Gasteiger partial charge < -0.3 is 19.6 Å². The molecule has 0 aromatic carbocycles. The molecule has 0 saturated carbocycles. The van der Waals surface area contributed by atoms with Gasteiger partial charge in [-0.1, -0.05) is 0 Å². The summed E-state index contributed by atoms with van der Waals surface area (Å²) in [4.78, 5) is 16.1. The highest BCUT2D eigenvalue weighted by Gasteiger charge is 2.21. The molecule has 1 aromatic heterocycles. The van der Waals surface area contributed by atoms with Gasteiger partial charge in [0.15, 0.2) is 11.0 Å². The van der Waals surface area contributed by atoms with Gasteiger partial charge in [-0.15, -0.1) is 16.2 Å². The van der Waals surface area contributed by atoms with E-state index in [2.05, 4.69) is 15.9 Å². The maximum atomic E-state index is 12.5. The molecule has 0 aliphatic heterocycles. The summed E-state index contributed by atoms with van der Waals surface area (Å²) in [6.07, 6.45) is 0. The molecule has 0 fully saturated rings. The van der Waals surface area contributed by atoms with Gasteiger partial charge in [0.2, 0.25) is 0 Å². The highest BCUT2D eigenvalue weighted by molar-refractivity contribution is 9.10. The SMILES string of the molecule is COCCN(CCOC)C(=O)c1cc(Br)c(S(=O)NO)s1. The van der Waals surface area contributed by atoms with Gasteiger partial charge in [0.05, 0.1) is 18.1 Å². The number of amides is 1. The zero-order valence-electron chi connectivity index (χ0n) is 11.6. The molecule has 0 aliphatic rings. The van der Waals surface area contributed by atoms with E-state index in [9.17, 15) is 9.00 Å². The number of halogens is 1. The predicted octanol–water partition coefficient (Wildman–Crippen LogP) is 1.25. The Labute approximate surface area is 137 Å². The van der Waals surface area contributed by atoms with E-state index in [-0.39, 0.29) is 5.91 Å². The summed E-state index contributed by atoms with van der Waals surface area (Å²) in [6.45, 7) is 1.70. The first kappa shape index (κ1) is 18.7. The average molecular weight is 401 g/mol. The minimum atomic E-state index is -1.76. The maximum absolute atomic E-state index is 12.5. The fourth-order valence-corrected chi connectivity index (χ4v) is 4.32. The molecule has 10 heteroatoms. The van der Waals surface area contributed by atoms with Crippen LogP contribution in [0.4, 0.5) is 0 Å². The molecule has 0 radical (unpaired) electrons. The number of nitrogens with one attached hydrogen (secondary N) is 1. The summed E-state index contributed by atoms with van der Waals surface area (Å²) < 4.78 is 22.4. The molecule has 0 bridgehead atoms. The van der Waals surface area contributed by atoms with Crippen molar-refractivity contribution in [2.45, 2.75) is 4.21 Å². The second-order valence-electron chi connectivity index (χ2n) is 3.88. The van der Waals surface area contributed by atoms with Crippen molar-refractivity contribution >= 4 is 44.2 Å². The van der Waals surface area contributed by atoms with E-state index in [1.54, 1.807) is 30.1 Å². The summed E-state index contributed by atoms with van der Waals surface area (Å²) >= 11 is 4.28. The Hall–Kier alpha value is -0.360. The lowest BCUT2D eigenvalue weighted by Crippen LogP contribution is -2.36. The van der Waals surface area contributed by atoms with Crippen LogP contribution in [0.25, 0.3) is 0 Å². The molecule has 1 aromatic rings. The van der Waals surface area contributed by atoms with Crippen LogP contribution in [-0.2, 0) is 20.5 Å². The van der Waals surface area contributed by atoms with Crippen molar-refractivity contribution in [3.8, 4) is 0 Å². The van der Waals surface area contributed by atoms with Gasteiger partial charge in [-0.3, -0.25) is 4.79 Å². The fourth-order valence-electron chi connectivity index (χ4n) is 1.50. The standard InChI is InChI=1S/C11H17BrN2O5S2/c1-18-5-3-14(4-6-19-2)10(15)9-7-8(12)11(20-9)21(17)13-16/h7,13,16H,3-6H2,1-2H3. The molecule has 1 rings (SSSR count). The van der Waals surface area contributed by atoms with Crippen LogP contribution < -0.4 is 4.89 Å². The highest BCUT2D eigenvalue weighted by atomic mass is 79.9. The average Bonchev–Trinajstić information content (AvgIpc) is 2.88. The lowest BCUT2D eigenvalue weighted by Gasteiger charge is -2.21. The van der Waals surface area contributed by atoms with Crippen LogP contribution in [0.2, 0.25) is 0 Å². The molecule has 21 heavy (non-hydrogen) atoms. The molecule has 2 N–H and O–H groups in total. The van der Waals surface area contributed by atoms with E-state index in [1.807, 2.05) is 0 Å². The summed E-state index contributed by atoms with van der Waals surface area (Å²) in [7, 11) is 1.36. The van der Waals surface area contributed by atoms with E-state index >= 15 is 0 Å². The largest absolute Gasteiger partial charge is 0.383 e. The van der Waals surface area contributed by atoms with Gasteiger partial charge in [-0.05, 0) is 22.0 Å². The second-order valence-corrected chi connectivity index (χ2v) is 7.18. The monoisotopic (exact) mass is 400 g/mol. The summed E-state index contributed by atoms with van der Waals surface area (Å²) in [5.41, 5.74) is 0. The molecule has 0 saturated heterocycles. The van der Waals surface area contributed by atoms with E-state index in [0.29, 0.717) is 39.9 Å². The van der Waals surface area contributed by atoms with Crippen molar-refractivity contribution in [2.75, 3.05) is 40.5 Å². The van der Waals surface area contributed by atoms with Crippen molar-refractivity contribution in [1.82, 2.24) is 9.79 Å². The molecule has 7 nitrogen and oxygen atoms in total. The number of thiophene rings is 1. The number of carbonyl (C=O) groups is 1. The molecule has 1 unspecified atom stereocenters. The second kappa shape index (κ2) is 9.62. The van der Waals surface area contributed by atoms with Crippen molar-refractivity contribution in [3.63, 3.8) is 0 Å². The third-order valence-electron chi connectivity index (χ3n) is 2.54. The molecule has 1 amide bonds. The number of methoxy groups -OCH3 is 2. The zero-order valence-corrected chi connectivity index (χ0v) is 14.8. The van der Waals surface area contributed by atoms with Crippen LogP contribution in [0, 0.1) is 0 Å². The maximum Gasteiger partial charge on any atom is 0.264 e. The van der Waals surface area contributed by atoms with Gasteiger partial charge in [0.1, 0.15) is 4.21 Å². The third kappa shape index (κ3) is 5.40. The Morgan fingerprint density at radius 1 is 1.43 bits per heavy atom. The number of ether oxygens (including phenoxy) is 2. The first-order valence-electron chi connectivity index (χ1n) is 5.93. The van der Waals surface area contributed by atoms with Crippen molar-refractivity contribution < 1.29 is 23.7 Å². The predicted molar refractivity (Wildman–Crippen MR) is 83.0 cm³/mol. The number of carbonyl (C=O) groups excluding carboxylic acids is 1. The lowest BCUT2D eigenvalue weighted by atomic mass is 10.4. The Kier molecular flexibility index (Phi) is 8.56. The highest BCUT2D eigenvalue weighted by Crippen LogP contribution is 2.30. The number of nitrogens with zero attached hydrogens (tertiary/aromatic N) is 1. The summed E-state index contributed by atoms with van der Waals surface area (Å²) in [5.74, 6) is -0.198. The summed E-state index contributed by atoms with van der Waals surface area (Å²) in [5, 5.41) is 8.71. The first-order valence-corrected chi connectivity index (χ1v) is 8.69. The van der Waals surface area contributed by atoms with Gasteiger partial charge >= 0.3 is 0 Å². The Bertz CT molecular complexity index is 489. The molecule has 0 spiro atoms. The molecule has 1 atom stereocenters. The van der Waals surface area contributed by atoms with Crippen LogP contribution in [-0.4, -0.2) is 60.7 Å². The van der Waals surface area contributed by atoms with Crippen molar-refractivity contribution in [1.29, 1.82) is 0 Å². The topological polar surface area (TPSA) is 88.1 Å². The van der Waals surface area contributed by atoms with Crippen LogP contribution in [0.15, 0.2) is 14.7 Å². The molecule has 120 valence electrons. The minimum absolute atomic E-state index is 0.198. The van der Waals surface area contributed by atoms with Crippen LogP contribution in [0.3, 0.4) is 0 Å². The van der Waals surface area contributed by atoms with E-state index in [1.165, 1.54) is 0 Å². The molecule has 1 heterocycles. The Balaban J connectivity index is 2.89. The van der Waals surface area contributed by atoms with E-state index in [0.717, 1.165) is 11.3 Å². The van der Waals surface area contributed by atoms with Crippen molar-refractivity contribution in [2.24, 2.45) is 0 Å². The lowest BCUT2D eigenvalue weighted by molar-refractivity contribution is 0.0632. The molecule has 0 aliphatic carbocycles. The smallest absolute Gasteiger partial charge is 0.264 e. The van der Waals surface area contributed by atoms with Gasteiger partial charge in [0, 0.05) is 31.8 Å². The minimum Gasteiger partial charge on any atom is -0.383 e. The molecular weight excluding hydrogens is 384 g/mol. The van der Waals surface area contributed by atoms with Crippen LogP contribution in [0.5, 0.6) is 0 Å². The number of rotatable bonds is 9. The fraction of sp³-hybridized carbons (Fsp3) is 0.545. The normalized spacial score (nSPS) is 12.4. The molecular formula is C11H17BrN2O5S2. The van der Waals surface area contributed by atoms with Gasteiger partial charge in [0.25, 0.3) is 5.91 Å². The van der Waals surface area contributed by atoms with Crippen LogP contribution >= 0.6 is 27.3 Å². The van der Waals surface area contributed by atoms with Gasteiger partial charge in [-0.25, -0.2) is 4.21 Å². The third-order valence-corrected chi connectivity index (χ3v) is 6.03. The van der Waals surface area contributed by atoms with E-state index in [4.69, 9.17) is 14.7 Å².